The van der Waals surface area contributed by atoms with Gasteiger partial charge in [0.15, 0.2) is 0 Å². The highest BCUT2D eigenvalue weighted by atomic mass is 16.4. The average molecular weight is 334 g/mol. The maximum Gasteiger partial charge on any atom is 0.404 e. The molecule has 0 aliphatic rings. The van der Waals surface area contributed by atoms with Crippen LogP contribution in [0.4, 0.5) is 4.79 Å². The number of unbranched alkanes of at least 4 members (excludes halogenated alkanes) is 6. The number of hydrogen-bond donors (Lipinski definition) is 3. The zero-order valence-electron chi connectivity index (χ0n) is 14.6. The van der Waals surface area contributed by atoms with Crippen molar-refractivity contribution in [3.05, 3.63) is 35.9 Å². The van der Waals surface area contributed by atoms with E-state index in [0.717, 1.165) is 18.4 Å². The maximum atomic E-state index is 12.1. The number of carbonyl (C=O) groups is 2. The molecule has 0 aromatic heterocycles. The molecule has 0 aliphatic heterocycles. The highest BCUT2D eigenvalue weighted by molar-refractivity contribution is 5.76. The van der Waals surface area contributed by atoms with E-state index in [0.29, 0.717) is 6.42 Å². The molecule has 2 amide bonds. The fourth-order valence-corrected chi connectivity index (χ4v) is 2.64. The Morgan fingerprint density at radius 3 is 2.25 bits per heavy atom. The number of nitrogens with one attached hydrogen (secondary N) is 2. The summed E-state index contributed by atoms with van der Waals surface area (Å²) in [6.07, 6.45) is 7.58. The van der Waals surface area contributed by atoms with Crippen LogP contribution < -0.4 is 10.6 Å². The SMILES string of the molecule is CCCCCCCCCC(=O)NC(CNC(=O)O)c1ccccc1. The Morgan fingerprint density at radius 2 is 1.62 bits per heavy atom. The summed E-state index contributed by atoms with van der Waals surface area (Å²) in [6.45, 7) is 2.37. The highest BCUT2D eigenvalue weighted by Gasteiger charge is 2.15. The Morgan fingerprint density at radius 1 is 1.00 bits per heavy atom. The Kier molecular flexibility index (Phi) is 10.3. The summed E-state index contributed by atoms with van der Waals surface area (Å²) in [6, 6.07) is 9.10. The van der Waals surface area contributed by atoms with Gasteiger partial charge in [-0.3, -0.25) is 4.79 Å². The van der Waals surface area contributed by atoms with Crippen molar-refractivity contribution < 1.29 is 14.7 Å². The summed E-state index contributed by atoms with van der Waals surface area (Å²) >= 11 is 0. The van der Waals surface area contributed by atoms with Crippen LogP contribution in [0.5, 0.6) is 0 Å². The molecule has 1 atom stereocenters. The van der Waals surface area contributed by atoms with Gasteiger partial charge < -0.3 is 15.7 Å². The first-order chi connectivity index (χ1) is 11.6. The van der Waals surface area contributed by atoms with Gasteiger partial charge >= 0.3 is 6.09 Å². The lowest BCUT2D eigenvalue weighted by Crippen LogP contribution is -2.37. The molecular weight excluding hydrogens is 304 g/mol. The van der Waals surface area contributed by atoms with Crippen molar-refractivity contribution in [1.82, 2.24) is 10.6 Å². The van der Waals surface area contributed by atoms with E-state index in [2.05, 4.69) is 17.6 Å². The lowest BCUT2D eigenvalue weighted by atomic mass is 10.1. The molecule has 0 saturated heterocycles. The topological polar surface area (TPSA) is 78.4 Å². The van der Waals surface area contributed by atoms with E-state index in [9.17, 15) is 9.59 Å². The third-order valence-electron chi connectivity index (χ3n) is 4.00. The van der Waals surface area contributed by atoms with E-state index in [1.807, 2.05) is 30.3 Å². The molecule has 0 fully saturated rings. The van der Waals surface area contributed by atoms with E-state index in [1.54, 1.807) is 0 Å². The predicted octanol–water partition coefficient (Wildman–Crippen LogP) is 4.25. The Balaban J connectivity index is 2.34. The fraction of sp³-hybridized carbons (Fsp3) is 0.579. The Labute approximate surface area is 144 Å². The number of hydrogen-bond acceptors (Lipinski definition) is 2. The Bertz CT molecular complexity index is 477. The minimum atomic E-state index is -1.09. The van der Waals surface area contributed by atoms with Crippen molar-refractivity contribution in [2.24, 2.45) is 0 Å². The van der Waals surface area contributed by atoms with Crippen molar-refractivity contribution >= 4 is 12.0 Å². The van der Waals surface area contributed by atoms with Crippen LogP contribution >= 0.6 is 0 Å². The minimum Gasteiger partial charge on any atom is -0.465 e. The maximum absolute atomic E-state index is 12.1. The summed E-state index contributed by atoms with van der Waals surface area (Å²) < 4.78 is 0. The molecule has 5 nitrogen and oxygen atoms in total. The first kappa shape index (κ1) is 20.0. The zero-order valence-corrected chi connectivity index (χ0v) is 14.6. The first-order valence-corrected chi connectivity index (χ1v) is 8.94. The lowest BCUT2D eigenvalue weighted by molar-refractivity contribution is -0.122. The predicted molar refractivity (Wildman–Crippen MR) is 96.0 cm³/mol. The minimum absolute atomic E-state index is 0.0235. The van der Waals surface area contributed by atoms with E-state index < -0.39 is 6.09 Å². The normalized spacial score (nSPS) is 11.7. The molecule has 1 aromatic rings. The number of rotatable bonds is 12. The van der Waals surface area contributed by atoms with E-state index in [-0.39, 0.29) is 18.5 Å². The van der Waals surface area contributed by atoms with Gasteiger partial charge in [-0.25, -0.2) is 4.79 Å². The monoisotopic (exact) mass is 334 g/mol. The highest BCUT2D eigenvalue weighted by Crippen LogP contribution is 2.13. The summed E-state index contributed by atoms with van der Waals surface area (Å²) in [4.78, 5) is 22.8. The van der Waals surface area contributed by atoms with Gasteiger partial charge in [-0.2, -0.15) is 0 Å². The standard InChI is InChI=1S/C19H30N2O3/c1-2-3-4-5-6-7-11-14-18(22)21-17(15-20-19(23)24)16-12-9-8-10-13-16/h8-10,12-13,17,20H,2-7,11,14-15H2,1H3,(H,21,22)(H,23,24). The van der Waals surface area contributed by atoms with Crippen LogP contribution in [0.2, 0.25) is 0 Å². The van der Waals surface area contributed by atoms with Crippen molar-refractivity contribution in [1.29, 1.82) is 0 Å². The molecule has 0 radical (unpaired) electrons. The molecule has 0 spiro atoms. The molecule has 0 bridgehead atoms. The third-order valence-corrected chi connectivity index (χ3v) is 4.00. The van der Waals surface area contributed by atoms with Crippen molar-refractivity contribution in [2.75, 3.05) is 6.54 Å². The second-order valence-electron chi connectivity index (χ2n) is 6.09. The molecular formula is C19H30N2O3. The van der Waals surface area contributed by atoms with Crippen LogP contribution in [0.25, 0.3) is 0 Å². The summed E-state index contributed by atoms with van der Waals surface area (Å²) in [5.74, 6) is -0.0235. The molecule has 5 heteroatoms. The number of carboxylic acid groups (broad SMARTS) is 1. The van der Waals surface area contributed by atoms with Crippen molar-refractivity contribution in [3.8, 4) is 0 Å². The number of benzene rings is 1. The smallest absolute Gasteiger partial charge is 0.404 e. The van der Waals surface area contributed by atoms with Crippen LogP contribution in [0.3, 0.4) is 0 Å². The second-order valence-corrected chi connectivity index (χ2v) is 6.09. The van der Waals surface area contributed by atoms with Gasteiger partial charge in [0, 0.05) is 13.0 Å². The molecule has 0 saturated carbocycles. The number of amides is 2. The summed E-state index contributed by atoms with van der Waals surface area (Å²) in [5.41, 5.74) is 0.902. The van der Waals surface area contributed by atoms with Crippen LogP contribution in [0.15, 0.2) is 30.3 Å². The summed E-state index contributed by atoms with van der Waals surface area (Å²) in [5, 5.41) is 14.1. The first-order valence-electron chi connectivity index (χ1n) is 8.94. The quantitative estimate of drug-likeness (QED) is 0.500. The molecule has 0 aliphatic carbocycles. The molecule has 1 aromatic carbocycles. The molecule has 134 valence electrons. The molecule has 1 rings (SSSR count). The molecule has 3 N–H and O–H groups in total. The Hall–Kier alpha value is -2.04. The largest absolute Gasteiger partial charge is 0.465 e. The van der Waals surface area contributed by atoms with Gasteiger partial charge in [-0.15, -0.1) is 0 Å². The molecule has 0 heterocycles. The lowest BCUT2D eigenvalue weighted by Gasteiger charge is -2.19. The average Bonchev–Trinajstić information content (AvgIpc) is 2.58. The van der Waals surface area contributed by atoms with Crippen molar-refractivity contribution in [2.45, 2.75) is 64.3 Å². The van der Waals surface area contributed by atoms with Crippen LogP contribution in [0, 0.1) is 0 Å². The molecule has 24 heavy (non-hydrogen) atoms. The van der Waals surface area contributed by atoms with Gasteiger partial charge in [0.25, 0.3) is 0 Å². The van der Waals surface area contributed by atoms with Crippen molar-refractivity contribution in [3.63, 3.8) is 0 Å². The van der Waals surface area contributed by atoms with E-state index >= 15 is 0 Å². The fourth-order valence-electron chi connectivity index (χ4n) is 2.64. The van der Waals surface area contributed by atoms with E-state index in [4.69, 9.17) is 5.11 Å². The molecule has 1 unspecified atom stereocenters. The van der Waals surface area contributed by atoms with Crippen LogP contribution in [0.1, 0.15) is 69.9 Å². The second kappa shape index (κ2) is 12.4. The van der Waals surface area contributed by atoms with Gasteiger partial charge in [-0.05, 0) is 12.0 Å². The summed E-state index contributed by atoms with van der Waals surface area (Å²) in [7, 11) is 0. The zero-order chi connectivity index (χ0) is 17.6. The van der Waals surface area contributed by atoms with Gasteiger partial charge in [-0.1, -0.05) is 75.8 Å². The third kappa shape index (κ3) is 9.18. The number of carbonyl (C=O) groups excluding carboxylic acids is 1. The van der Waals surface area contributed by atoms with Crippen LogP contribution in [-0.4, -0.2) is 23.7 Å². The van der Waals surface area contributed by atoms with Crippen LogP contribution in [-0.2, 0) is 4.79 Å². The van der Waals surface area contributed by atoms with Gasteiger partial charge in [0.05, 0.1) is 6.04 Å². The van der Waals surface area contributed by atoms with Gasteiger partial charge in [0.1, 0.15) is 0 Å². The van der Waals surface area contributed by atoms with Gasteiger partial charge in [0.2, 0.25) is 5.91 Å². The van der Waals surface area contributed by atoms with E-state index in [1.165, 1.54) is 32.1 Å².